The molecule has 2 aromatic carbocycles. The molecule has 1 saturated carbocycles. The van der Waals surface area contributed by atoms with Gasteiger partial charge in [-0.05, 0) is 83.7 Å². The fraction of sp³-hybridized carbons (Fsp3) is 0.433. The molecule has 1 amide bonds. The Morgan fingerprint density at radius 1 is 1.05 bits per heavy atom. The van der Waals surface area contributed by atoms with Crippen molar-refractivity contribution >= 4 is 28.5 Å². The number of ether oxygens (including phenoxy) is 4. The highest BCUT2D eigenvalue weighted by Gasteiger charge is 2.31. The minimum absolute atomic E-state index is 0.0100. The summed E-state index contributed by atoms with van der Waals surface area (Å²) in [5.41, 5.74) is 8.68. The van der Waals surface area contributed by atoms with Crippen molar-refractivity contribution in [3.05, 3.63) is 53.2 Å². The number of benzene rings is 2. The molecule has 0 bridgehead atoms. The minimum Gasteiger partial charge on any atom is -0.493 e. The van der Waals surface area contributed by atoms with Crippen molar-refractivity contribution in [1.29, 1.82) is 0 Å². The summed E-state index contributed by atoms with van der Waals surface area (Å²) in [5, 5.41) is 3.47. The molecule has 208 valence electrons. The van der Waals surface area contributed by atoms with E-state index >= 15 is 0 Å². The van der Waals surface area contributed by atoms with Gasteiger partial charge in [0.2, 0.25) is 0 Å². The van der Waals surface area contributed by atoms with Crippen LogP contribution in [0.25, 0.3) is 10.9 Å². The second kappa shape index (κ2) is 12.2. The maximum atomic E-state index is 12.6. The van der Waals surface area contributed by atoms with Gasteiger partial charge in [-0.25, -0.2) is 4.79 Å². The Morgan fingerprint density at radius 2 is 1.74 bits per heavy atom. The molecule has 0 radical (unpaired) electrons. The number of aryl methyl sites for hydroxylation is 1. The first-order valence-corrected chi connectivity index (χ1v) is 13.4. The number of nitrogens with one attached hydrogen (secondary N) is 1. The van der Waals surface area contributed by atoms with Crippen LogP contribution >= 0.6 is 0 Å². The van der Waals surface area contributed by atoms with Crippen LogP contribution in [0.4, 0.5) is 5.69 Å². The molecule has 2 atom stereocenters. The maximum Gasteiger partial charge on any atom is 0.342 e. The lowest BCUT2D eigenvalue weighted by Gasteiger charge is -2.33. The Kier molecular flexibility index (Phi) is 8.79. The standard InChI is InChI=1S/C30H37N3O6/c1-6-37-30(35)26-18(4)33-20-10-9-13-24(27(20)28(26)31)38-22-11-7-8-12-23(22)39-25-16-19(14-15-21(25)36-5)29(34)32-17(2)3/h9-10,13-17,22-23H,6-8,11-12H2,1-5H3,(H2,31,33)(H,32,34). The van der Waals surface area contributed by atoms with E-state index in [2.05, 4.69) is 10.3 Å². The number of nitrogen functional groups attached to an aromatic ring is 1. The molecule has 0 spiro atoms. The second-order valence-corrected chi connectivity index (χ2v) is 9.95. The van der Waals surface area contributed by atoms with Gasteiger partial charge in [-0.2, -0.15) is 0 Å². The topological polar surface area (TPSA) is 122 Å². The molecule has 1 fully saturated rings. The first-order valence-electron chi connectivity index (χ1n) is 13.4. The molecule has 1 heterocycles. The number of nitrogens with two attached hydrogens (primary N) is 1. The molecule has 3 N–H and O–H groups in total. The van der Waals surface area contributed by atoms with E-state index in [-0.39, 0.29) is 42.0 Å². The summed E-state index contributed by atoms with van der Waals surface area (Å²) in [6.07, 6.45) is 2.89. The van der Waals surface area contributed by atoms with Gasteiger partial charge in [-0.3, -0.25) is 9.78 Å². The average Bonchev–Trinajstić information content (AvgIpc) is 2.89. The van der Waals surface area contributed by atoms with E-state index in [1.165, 1.54) is 0 Å². The zero-order chi connectivity index (χ0) is 28.1. The molecule has 3 aromatic rings. The average molecular weight is 536 g/mol. The van der Waals surface area contributed by atoms with Crippen molar-refractivity contribution in [3.8, 4) is 17.2 Å². The largest absolute Gasteiger partial charge is 0.493 e. The molecule has 2 unspecified atom stereocenters. The van der Waals surface area contributed by atoms with Gasteiger partial charge in [0.25, 0.3) is 5.91 Å². The van der Waals surface area contributed by atoms with Crippen LogP contribution in [0.15, 0.2) is 36.4 Å². The van der Waals surface area contributed by atoms with Gasteiger partial charge in [0, 0.05) is 11.6 Å². The summed E-state index contributed by atoms with van der Waals surface area (Å²) in [6, 6.07) is 10.7. The zero-order valence-electron chi connectivity index (χ0n) is 23.2. The fourth-order valence-corrected chi connectivity index (χ4v) is 4.91. The Labute approximate surface area is 229 Å². The van der Waals surface area contributed by atoms with Crippen LogP contribution in [0.3, 0.4) is 0 Å². The van der Waals surface area contributed by atoms with Gasteiger partial charge in [0.1, 0.15) is 23.5 Å². The number of aromatic nitrogens is 1. The smallest absolute Gasteiger partial charge is 0.342 e. The summed E-state index contributed by atoms with van der Waals surface area (Å²) in [6.45, 7) is 7.55. The van der Waals surface area contributed by atoms with Crippen LogP contribution < -0.4 is 25.3 Å². The lowest BCUT2D eigenvalue weighted by atomic mass is 9.94. The van der Waals surface area contributed by atoms with Gasteiger partial charge in [-0.15, -0.1) is 0 Å². The summed E-state index contributed by atoms with van der Waals surface area (Å²) in [7, 11) is 1.57. The third-order valence-electron chi connectivity index (χ3n) is 6.72. The number of hydrogen-bond acceptors (Lipinski definition) is 8. The van der Waals surface area contributed by atoms with Crippen molar-refractivity contribution in [2.45, 2.75) is 71.6 Å². The van der Waals surface area contributed by atoms with E-state index in [1.807, 2.05) is 32.0 Å². The number of esters is 1. The van der Waals surface area contributed by atoms with Gasteiger partial charge < -0.3 is 30.0 Å². The monoisotopic (exact) mass is 535 g/mol. The lowest BCUT2D eigenvalue weighted by Crippen LogP contribution is -2.39. The third kappa shape index (κ3) is 6.19. The highest BCUT2D eigenvalue weighted by molar-refractivity contribution is 6.07. The normalized spacial score (nSPS) is 17.1. The number of amides is 1. The summed E-state index contributed by atoms with van der Waals surface area (Å²) in [5.74, 6) is 0.854. The predicted octanol–water partition coefficient (Wildman–Crippen LogP) is 5.22. The van der Waals surface area contributed by atoms with E-state index in [1.54, 1.807) is 39.2 Å². The van der Waals surface area contributed by atoms with E-state index in [0.717, 1.165) is 25.7 Å². The van der Waals surface area contributed by atoms with E-state index < -0.39 is 5.97 Å². The van der Waals surface area contributed by atoms with E-state index in [4.69, 9.17) is 24.7 Å². The molecule has 39 heavy (non-hydrogen) atoms. The van der Waals surface area contributed by atoms with Crippen LogP contribution in [0.5, 0.6) is 17.2 Å². The van der Waals surface area contributed by atoms with Gasteiger partial charge in [0.15, 0.2) is 11.5 Å². The molecule has 0 saturated heterocycles. The summed E-state index contributed by atoms with van der Waals surface area (Å²) >= 11 is 0. The minimum atomic E-state index is -0.510. The predicted molar refractivity (Wildman–Crippen MR) is 150 cm³/mol. The van der Waals surface area contributed by atoms with E-state index in [0.29, 0.717) is 39.4 Å². The molecule has 1 aliphatic rings. The van der Waals surface area contributed by atoms with Gasteiger partial charge in [0.05, 0.1) is 36.0 Å². The lowest BCUT2D eigenvalue weighted by molar-refractivity contribution is 0.0226. The molecular formula is C30H37N3O6. The Morgan fingerprint density at radius 3 is 2.38 bits per heavy atom. The molecule has 9 nitrogen and oxygen atoms in total. The SMILES string of the molecule is CCOC(=O)c1c(C)nc2cccc(OC3CCCCC3Oc3cc(C(=O)NC(C)C)ccc3OC)c2c1N. The van der Waals surface area contributed by atoms with Crippen molar-refractivity contribution in [2.75, 3.05) is 19.5 Å². The highest BCUT2D eigenvalue weighted by Crippen LogP contribution is 2.37. The molecule has 1 aliphatic carbocycles. The molecule has 1 aromatic heterocycles. The van der Waals surface area contributed by atoms with Crippen molar-refractivity contribution in [3.63, 3.8) is 0 Å². The van der Waals surface area contributed by atoms with E-state index in [9.17, 15) is 9.59 Å². The van der Waals surface area contributed by atoms with Crippen LogP contribution in [0, 0.1) is 6.92 Å². The van der Waals surface area contributed by atoms with Crippen LogP contribution in [-0.4, -0.2) is 48.8 Å². The van der Waals surface area contributed by atoms with Crippen LogP contribution in [-0.2, 0) is 4.74 Å². The van der Waals surface area contributed by atoms with Crippen LogP contribution in [0.1, 0.15) is 72.9 Å². The van der Waals surface area contributed by atoms with Gasteiger partial charge in [-0.1, -0.05) is 6.07 Å². The van der Waals surface area contributed by atoms with Crippen LogP contribution in [0.2, 0.25) is 0 Å². The number of hydrogen-bond donors (Lipinski definition) is 2. The number of fused-ring (bicyclic) bond motifs is 1. The summed E-state index contributed by atoms with van der Waals surface area (Å²) < 4.78 is 23.8. The molecule has 0 aliphatic heterocycles. The second-order valence-electron chi connectivity index (χ2n) is 9.95. The number of pyridine rings is 1. The number of carbonyl (C=O) groups is 2. The van der Waals surface area contributed by atoms with Crippen molar-refractivity contribution in [1.82, 2.24) is 10.3 Å². The number of rotatable bonds is 9. The Balaban J connectivity index is 1.66. The molecule has 9 heteroatoms. The highest BCUT2D eigenvalue weighted by atomic mass is 16.6. The molecular weight excluding hydrogens is 498 g/mol. The number of anilines is 1. The van der Waals surface area contributed by atoms with Gasteiger partial charge >= 0.3 is 5.97 Å². The number of methoxy groups -OCH3 is 1. The maximum absolute atomic E-state index is 12.6. The van der Waals surface area contributed by atoms with Crippen molar-refractivity contribution in [2.24, 2.45) is 0 Å². The Hall–Kier alpha value is -4.01. The Bertz CT molecular complexity index is 1360. The molecule has 4 rings (SSSR count). The van der Waals surface area contributed by atoms with Crippen molar-refractivity contribution < 1.29 is 28.5 Å². The number of nitrogens with zero attached hydrogens (tertiary/aromatic N) is 1. The summed E-state index contributed by atoms with van der Waals surface area (Å²) in [4.78, 5) is 29.9. The fourth-order valence-electron chi connectivity index (χ4n) is 4.91. The first-order chi connectivity index (χ1) is 18.7. The first kappa shape index (κ1) is 28.0. The number of carbonyl (C=O) groups excluding carboxylic acids is 2. The zero-order valence-corrected chi connectivity index (χ0v) is 23.2. The quantitative estimate of drug-likeness (QED) is 0.358. The third-order valence-corrected chi connectivity index (χ3v) is 6.72.